The van der Waals surface area contributed by atoms with Crippen molar-refractivity contribution in [1.29, 1.82) is 0 Å². The van der Waals surface area contributed by atoms with Crippen LogP contribution in [0.15, 0.2) is 72.8 Å². The minimum absolute atomic E-state index is 0.192. The molecule has 110 valence electrons. The minimum atomic E-state index is -1.93. The van der Waals surface area contributed by atoms with Crippen LogP contribution >= 0.6 is 0 Å². The van der Waals surface area contributed by atoms with Crippen molar-refractivity contribution in [2.75, 3.05) is 0 Å². The van der Waals surface area contributed by atoms with E-state index < -0.39 is 13.3 Å². The van der Waals surface area contributed by atoms with Crippen molar-refractivity contribution in [2.24, 2.45) is 0 Å². The molecule has 2 aromatic carbocycles. The van der Waals surface area contributed by atoms with Gasteiger partial charge in [-0.15, -0.1) is 0 Å². The predicted molar refractivity (Wildman–Crippen MR) is 98.1 cm³/mol. The zero-order valence-corrected chi connectivity index (χ0v) is 15.1. The zero-order valence-electron chi connectivity index (χ0n) is 18.0. The van der Waals surface area contributed by atoms with Gasteiger partial charge in [0.15, 0.2) is 0 Å². The quantitative estimate of drug-likeness (QED) is 0.607. The monoisotopic (exact) mass is 354 g/mol. The second kappa shape index (κ2) is 6.09. The van der Waals surface area contributed by atoms with Crippen molar-refractivity contribution in [3.63, 3.8) is 0 Å². The fourth-order valence-electron chi connectivity index (χ4n) is 2.24. The summed E-state index contributed by atoms with van der Waals surface area (Å²) in [4.78, 5) is 4.59. The summed E-state index contributed by atoms with van der Waals surface area (Å²) in [7, 11) is 0. The molecule has 0 spiro atoms. The SMILES string of the molecule is [2H]c1c([2H])c([2H])c(-c2cccc(-c3cc[c]([Ge]([CH3])([CH3])[CH3])cn3)c2)c([2H])c1[2H]. The number of rotatable bonds is 3. The molecule has 3 aromatic rings. The molecule has 0 unspecified atom stereocenters. The average molecular weight is 353 g/mol. The van der Waals surface area contributed by atoms with Crippen molar-refractivity contribution in [3.05, 3.63) is 72.8 Å². The number of nitrogens with zero attached hydrogens (tertiary/aromatic N) is 1. The van der Waals surface area contributed by atoms with Gasteiger partial charge in [0.05, 0.1) is 0 Å². The Bertz CT molecular complexity index is 981. The van der Waals surface area contributed by atoms with Gasteiger partial charge >= 0.3 is 142 Å². The van der Waals surface area contributed by atoms with Gasteiger partial charge < -0.3 is 0 Å². The average Bonchev–Trinajstić information content (AvgIpc) is 2.65. The summed E-state index contributed by atoms with van der Waals surface area (Å²) in [6, 6.07) is 10.0. The fraction of sp³-hybridized carbons (Fsp3) is 0.150. The summed E-state index contributed by atoms with van der Waals surface area (Å²) in [6.07, 6.45) is 1.94. The maximum atomic E-state index is 8.16. The number of benzene rings is 2. The summed E-state index contributed by atoms with van der Waals surface area (Å²) in [5, 5.41) is 0. The Hall–Kier alpha value is -1.87. The van der Waals surface area contributed by atoms with Gasteiger partial charge in [0.1, 0.15) is 0 Å². The Morgan fingerprint density at radius 1 is 0.864 bits per heavy atom. The molecule has 0 amide bonds. The normalized spacial score (nSPS) is 14.6. The molecule has 1 heterocycles. The molecular weight excluding hydrogens is 327 g/mol. The van der Waals surface area contributed by atoms with E-state index in [2.05, 4.69) is 28.3 Å². The van der Waals surface area contributed by atoms with Gasteiger partial charge in [0.25, 0.3) is 0 Å². The van der Waals surface area contributed by atoms with Crippen LogP contribution in [-0.4, -0.2) is 18.3 Å². The molecule has 1 aromatic heterocycles. The summed E-state index contributed by atoms with van der Waals surface area (Å²) < 4.78 is 41.1. The van der Waals surface area contributed by atoms with Crippen molar-refractivity contribution in [3.8, 4) is 22.4 Å². The molecule has 0 bridgehead atoms. The molecule has 0 aliphatic carbocycles. The number of pyridine rings is 1. The molecule has 0 saturated heterocycles. The molecule has 22 heavy (non-hydrogen) atoms. The van der Waals surface area contributed by atoms with Gasteiger partial charge in [-0.1, -0.05) is 0 Å². The second-order valence-corrected chi connectivity index (χ2v) is 16.9. The van der Waals surface area contributed by atoms with Crippen molar-refractivity contribution >= 4 is 17.7 Å². The third kappa shape index (κ3) is 3.30. The first-order valence-corrected chi connectivity index (χ1v) is 14.6. The summed E-state index contributed by atoms with van der Waals surface area (Å²) >= 11 is -1.93. The zero-order chi connectivity index (χ0) is 19.9. The first-order valence-electron chi connectivity index (χ1n) is 9.75. The third-order valence-electron chi connectivity index (χ3n) is 3.58. The second-order valence-electron chi connectivity index (χ2n) is 6.26. The predicted octanol–water partition coefficient (Wildman–Crippen LogP) is 4.96. The Balaban J connectivity index is 2.10. The summed E-state index contributed by atoms with van der Waals surface area (Å²) in [5.74, 6) is 6.95. The molecule has 0 saturated carbocycles. The van der Waals surface area contributed by atoms with Crippen LogP contribution in [0.4, 0.5) is 0 Å². The van der Waals surface area contributed by atoms with Crippen LogP contribution in [0.1, 0.15) is 6.85 Å². The Labute approximate surface area is 142 Å². The van der Waals surface area contributed by atoms with Crippen LogP contribution in [-0.2, 0) is 0 Å². The molecule has 0 aliphatic rings. The van der Waals surface area contributed by atoms with Gasteiger partial charge in [-0.3, -0.25) is 0 Å². The van der Waals surface area contributed by atoms with E-state index in [9.17, 15) is 0 Å². The first kappa shape index (κ1) is 10.0. The Morgan fingerprint density at radius 2 is 1.59 bits per heavy atom. The summed E-state index contributed by atoms with van der Waals surface area (Å²) in [6.45, 7) is 0. The molecule has 0 aliphatic heterocycles. The standard InChI is InChI=1S/C20H21GeN/c1-21(2,3)19-12-13-20(22-15-19)18-11-7-10-17(14-18)16-8-5-4-6-9-16/h4-15H,1-3H3/i4D,5D,6D,8D,9D. The van der Waals surface area contributed by atoms with Crippen LogP contribution in [0.5, 0.6) is 0 Å². The summed E-state index contributed by atoms with van der Waals surface area (Å²) in [5.41, 5.74) is 2.46. The van der Waals surface area contributed by atoms with Crippen molar-refractivity contribution in [2.45, 2.75) is 17.3 Å². The van der Waals surface area contributed by atoms with Crippen molar-refractivity contribution < 1.29 is 6.85 Å². The van der Waals surface area contributed by atoms with Crippen LogP contribution in [0, 0.1) is 0 Å². The molecule has 3 rings (SSSR count). The van der Waals surface area contributed by atoms with Gasteiger partial charge in [0.2, 0.25) is 0 Å². The number of hydrogen-bond acceptors (Lipinski definition) is 1. The number of hydrogen-bond donors (Lipinski definition) is 0. The van der Waals surface area contributed by atoms with Crippen LogP contribution in [0.25, 0.3) is 22.4 Å². The first-order chi connectivity index (χ1) is 12.6. The van der Waals surface area contributed by atoms with Gasteiger partial charge in [-0.05, 0) is 0 Å². The van der Waals surface area contributed by atoms with Gasteiger partial charge in [-0.25, -0.2) is 0 Å². The molecule has 0 fully saturated rings. The van der Waals surface area contributed by atoms with Crippen LogP contribution in [0.2, 0.25) is 17.3 Å². The van der Waals surface area contributed by atoms with E-state index in [-0.39, 0.29) is 35.8 Å². The molecule has 1 nitrogen and oxygen atoms in total. The van der Waals surface area contributed by atoms with E-state index in [1.54, 1.807) is 6.07 Å². The van der Waals surface area contributed by atoms with Gasteiger partial charge in [-0.2, -0.15) is 0 Å². The molecule has 0 N–H and O–H groups in total. The van der Waals surface area contributed by atoms with Gasteiger partial charge in [0, 0.05) is 0 Å². The maximum absolute atomic E-state index is 8.16. The molecule has 2 heteroatoms. The van der Waals surface area contributed by atoms with Crippen LogP contribution in [0.3, 0.4) is 0 Å². The fourth-order valence-corrected chi connectivity index (χ4v) is 4.41. The van der Waals surface area contributed by atoms with E-state index >= 15 is 0 Å². The molecular formula is C20H21GeN. The van der Waals surface area contributed by atoms with E-state index in [1.807, 2.05) is 30.5 Å². The third-order valence-corrected chi connectivity index (χ3v) is 7.83. The van der Waals surface area contributed by atoms with E-state index in [0.717, 1.165) is 11.3 Å². The van der Waals surface area contributed by atoms with Crippen LogP contribution < -0.4 is 4.40 Å². The molecule has 0 atom stereocenters. The van der Waals surface area contributed by atoms with E-state index in [1.165, 1.54) is 4.40 Å². The molecule has 0 radical (unpaired) electrons. The Kier molecular flexibility index (Phi) is 2.77. The topological polar surface area (TPSA) is 12.9 Å². The van der Waals surface area contributed by atoms with E-state index in [0.29, 0.717) is 5.56 Å². The van der Waals surface area contributed by atoms with Crippen molar-refractivity contribution in [1.82, 2.24) is 4.98 Å². The number of aromatic nitrogens is 1. The van der Waals surface area contributed by atoms with E-state index in [4.69, 9.17) is 6.85 Å². The Morgan fingerprint density at radius 3 is 2.23 bits per heavy atom.